The summed E-state index contributed by atoms with van der Waals surface area (Å²) in [4.78, 5) is 23.2. The van der Waals surface area contributed by atoms with Crippen LogP contribution in [0.25, 0.3) is 0 Å². The summed E-state index contributed by atoms with van der Waals surface area (Å²) in [7, 11) is 0. The van der Waals surface area contributed by atoms with Crippen LogP contribution in [0.3, 0.4) is 0 Å². The van der Waals surface area contributed by atoms with Crippen LogP contribution in [0.1, 0.15) is 39.5 Å². The minimum absolute atomic E-state index is 0.329. The predicted molar refractivity (Wildman–Crippen MR) is 89.6 cm³/mol. The molecule has 23 heavy (non-hydrogen) atoms. The minimum Gasteiger partial charge on any atom is -0.490 e. The van der Waals surface area contributed by atoms with Crippen molar-refractivity contribution >= 4 is 17.6 Å². The molecule has 0 aliphatic heterocycles. The van der Waals surface area contributed by atoms with Crippen molar-refractivity contribution in [3.8, 4) is 5.75 Å². The van der Waals surface area contributed by atoms with Gasteiger partial charge in [-0.25, -0.2) is 4.79 Å². The van der Waals surface area contributed by atoms with Crippen molar-refractivity contribution in [3.05, 3.63) is 24.3 Å². The number of carbonyl (C=O) groups is 2. The van der Waals surface area contributed by atoms with Crippen LogP contribution in [0, 0.1) is 0 Å². The van der Waals surface area contributed by atoms with E-state index in [1.54, 1.807) is 13.8 Å². The van der Waals surface area contributed by atoms with E-state index in [1.807, 2.05) is 24.3 Å². The molecule has 6 nitrogen and oxygen atoms in total. The number of hydrogen-bond acceptors (Lipinski definition) is 4. The molecular formula is C17H25N3O3. The Kier molecular flexibility index (Phi) is 6.26. The van der Waals surface area contributed by atoms with Crippen molar-refractivity contribution in [1.29, 1.82) is 0 Å². The van der Waals surface area contributed by atoms with Crippen molar-refractivity contribution in [2.75, 3.05) is 11.9 Å². The fraction of sp³-hybridized carbons (Fsp3) is 0.529. The molecule has 0 heterocycles. The van der Waals surface area contributed by atoms with Crippen LogP contribution in [0.15, 0.2) is 24.3 Å². The summed E-state index contributed by atoms with van der Waals surface area (Å²) in [6, 6.07) is 6.55. The van der Waals surface area contributed by atoms with Gasteiger partial charge in [0.1, 0.15) is 11.8 Å². The molecule has 1 saturated carbocycles. The molecule has 1 aromatic rings. The lowest BCUT2D eigenvalue weighted by Gasteiger charge is -2.16. The highest BCUT2D eigenvalue weighted by molar-refractivity contribution is 5.97. The summed E-state index contributed by atoms with van der Waals surface area (Å²) in [5, 5.41) is 7.87. The Morgan fingerprint density at radius 3 is 2.48 bits per heavy atom. The first kappa shape index (κ1) is 17.1. The smallest absolute Gasteiger partial charge is 0.321 e. The zero-order valence-electron chi connectivity index (χ0n) is 13.7. The van der Waals surface area contributed by atoms with Gasteiger partial charge in [0.05, 0.1) is 6.10 Å². The van der Waals surface area contributed by atoms with Gasteiger partial charge >= 0.3 is 6.03 Å². The number of carbonyl (C=O) groups excluding carboxylic acids is 2. The molecule has 1 aromatic carbocycles. The van der Waals surface area contributed by atoms with Gasteiger partial charge in [-0.15, -0.1) is 0 Å². The number of amides is 3. The van der Waals surface area contributed by atoms with Crippen molar-refractivity contribution in [1.82, 2.24) is 10.6 Å². The Balaban J connectivity index is 1.82. The second-order valence-electron chi connectivity index (χ2n) is 5.76. The molecule has 3 N–H and O–H groups in total. The van der Waals surface area contributed by atoms with Crippen LogP contribution in [0.5, 0.6) is 5.75 Å². The lowest BCUT2D eigenvalue weighted by atomic mass is 10.2. The third-order valence-corrected chi connectivity index (χ3v) is 3.81. The van der Waals surface area contributed by atoms with Crippen molar-refractivity contribution in [3.63, 3.8) is 0 Å². The SMILES string of the molecule is CCNC(=O)NC(=O)C(C)Nc1ccc(OC2CCCC2)cc1. The van der Waals surface area contributed by atoms with E-state index >= 15 is 0 Å². The quantitative estimate of drug-likeness (QED) is 0.753. The van der Waals surface area contributed by atoms with Gasteiger partial charge in [-0.3, -0.25) is 10.1 Å². The van der Waals surface area contributed by atoms with E-state index in [1.165, 1.54) is 12.8 Å². The lowest BCUT2D eigenvalue weighted by molar-refractivity contribution is -0.120. The standard InChI is InChI=1S/C17H25N3O3/c1-3-18-17(22)20-16(21)12(2)19-13-8-10-15(11-9-13)23-14-6-4-5-7-14/h8-12,14,19H,3-7H2,1-2H3,(H2,18,20,21,22). The van der Waals surface area contributed by atoms with E-state index in [4.69, 9.17) is 4.74 Å². The van der Waals surface area contributed by atoms with Crippen LogP contribution < -0.4 is 20.7 Å². The van der Waals surface area contributed by atoms with Gasteiger partial charge in [-0.2, -0.15) is 0 Å². The number of anilines is 1. The highest BCUT2D eigenvalue weighted by Crippen LogP contribution is 2.25. The molecule has 3 amide bonds. The molecule has 0 aromatic heterocycles. The highest BCUT2D eigenvalue weighted by Gasteiger charge is 2.17. The van der Waals surface area contributed by atoms with E-state index in [-0.39, 0.29) is 5.91 Å². The first-order chi connectivity index (χ1) is 11.1. The second kappa shape index (κ2) is 8.41. The first-order valence-electron chi connectivity index (χ1n) is 8.20. The first-order valence-corrected chi connectivity index (χ1v) is 8.20. The minimum atomic E-state index is -0.515. The Morgan fingerprint density at radius 2 is 1.87 bits per heavy atom. The van der Waals surface area contributed by atoms with Crippen molar-refractivity contribution in [2.45, 2.75) is 51.7 Å². The summed E-state index contributed by atoms with van der Waals surface area (Å²) < 4.78 is 5.90. The molecule has 2 rings (SSSR count). The van der Waals surface area contributed by atoms with Gasteiger partial charge in [-0.05, 0) is 63.8 Å². The average Bonchev–Trinajstić information content (AvgIpc) is 3.02. The van der Waals surface area contributed by atoms with E-state index in [0.29, 0.717) is 12.6 Å². The fourth-order valence-electron chi connectivity index (χ4n) is 2.57. The summed E-state index contributed by atoms with van der Waals surface area (Å²) in [6.07, 6.45) is 5.05. The van der Waals surface area contributed by atoms with Crippen molar-refractivity contribution < 1.29 is 14.3 Å². The highest BCUT2D eigenvalue weighted by atomic mass is 16.5. The molecule has 1 aliphatic rings. The van der Waals surface area contributed by atoms with E-state index in [0.717, 1.165) is 24.3 Å². The topological polar surface area (TPSA) is 79.5 Å². The van der Waals surface area contributed by atoms with Crippen LogP contribution >= 0.6 is 0 Å². The van der Waals surface area contributed by atoms with Gasteiger partial charge in [0.25, 0.3) is 0 Å². The molecular weight excluding hydrogens is 294 g/mol. The molecule has 1 unspecified atom stereocenters. The van der Waals surface area contributed by atoms with E-state index in [2.05, 4.69) is 16.0 Å². The molecule has 6 heteroatoms. The number of ether oxygens (including phenoxy) is 1. The van der Waals surface area contributed by atoms with E-state index < -0.39 is 12.1 Å². The monoisotopic (exact) mass is 319 g/mol. The molecule has 0 bridgehead atoms. The normalized spacial score (nSPS) is 15.7. The molecule has 1 atom stereocenters. The third-order valence-electron chi connectivity index (χ3n) is 3.81. The predicted octanol–water partition coefficient (Wildman–Crippen LogP) is 2.65. The zero-order valence-corrected chi connectivity index (χ0v) is 13.7. The Bertz CT molecular complexity index is 524. The van der Waals surface area contributed by atoms with Gasteiger partial charge in [0.2, 0.25) is 5.91 Å². The number of benzene rings is 1. The third kappa shape index (κ3) is 5.47. The summed E-state index contributed by atoms with van der Waals surface area (Å²) >= 11 is 0. The number of hydrogen-bond donors (Lipinski definition) is 3. The maximum absolute atomic E-state index is 11.9. The van der Waals surface area contributed by atoms with Crippen LogP contribution in [0.2, 0.25) is 0 Å². The largest absolute Gasteiger partial charge is 0.490 e. The van der Waals surface area contributed by atoms with Gasteiger partial charge in [0.15, 0.2) is 0 Å². The summed E-state index contributed by atoms with van der Waals surface area (Å²) in [5.41, 5.74) is 0.808. The van der Waals surface area contributed by atoms with Gasteiger partial charge in [0, 0.05) is 12.2 Å². The number of rotatable bonds is 6. The Hall–Kier alpha value is -2.24. The maximum Gasteiger partial charge on any atom is 0.321 e. The van der Waals surface area contributed by atoms with Gasteiger partial charge < -0.3 is 15.4 Å². The average molecular weight is 319 g/mol. The van der Waals surface area contributed by atoms with Crippen molar-refractivity contribution in [2.24, 2.45) is 0 Å². The molecule has 1 fully saturated rings. The maximum atomic E-state index is 11.9. The zero-order chi connectivity index (χ0) is 16.7. The molecule has 0 saturated heterocycles. The van der Waals surface area contributed by atoms with Gasteiger partial charge in [-0.1, -0.05) is 0 Å². The Labute approximate surface area is 137 Å². The number of urea groups is 1. The van der Waals surface area contributed by atoms with Crippen LogP contribution in [-0.2, 0) is 4.79 Å². The number of imide groups is 1. The molecule has 1 aliphatic carbocycles. The lowest BCUT2D eigenvalue weighted by Crippen LogP contribution is -2.45. The number of nitrogens with one attached hydrogen (secondary N) is 3. The van der Waals surface area contributed by atoms with E-state index in [9.17, 15) is 9.59 Å². The molecule has 126 valence electrons. The summed E-state index contributed by atoms with van der Waals surface area (Å²) in [6.45, 7) is 3.97. The fourth-order valence-corrected chi connectivity index (χ4v) is 2.57. The Morgan fingerprint density at radius 1 is 1.22 bits per heavy atom. The second-order valence-corrected chi connectivity index (χ2v) is 5.76. The molecule has 0 spiro atoms. The molecule has 0 radical (unpaired) electrons. The van der Waals surface area contributed by atoms with Crippen LogP contribution in [0.4, 0.5) is 10.5 Å². The van der Waals surface area contributed by atoms with Crippen LogP contribution in [-0.4, -0.2) is 30.6 Å². The summed E-state index contributed by atoms with van der Waals surface area (Å²) in [5.74, 6) is 0.476.